The Hall–Kier alpha value is -2.42. The molecule has 1 aliphatic rings. The van der Waals surface area contributed by atoms with Gasteiger partial charge in [-0.05, 0) is 38.5 Å². The first-order chi connectivity index (χ1) is 11.2. The standard InChI is InChI=1S/C11H14O.C10H11NO/c1-8(2)11(12)10-7-5-4-6-9(10)3;1-10(2)9(12)7-5-3-4-6-8(7)11-10/h4-8H,1-3H3;3-6,11H,1-2H3. The summed E-state index contributed by atoms with van der Waals surface area (Å²) in [6.45, 7) is 9.61. The van der Waals surface area contributed by atoms with Gasteiger partial charge in [-0.2, -0.15) is 0 Å². The van der Waals surface area contributed by atoms with Gasteiger partial charge >= 0.3 is 0 Å². The Bertz CT molecular complexity index is 754. The molecule has 0 aliphatic carbocycles. The van der Waals surface area contributed by atoms with Gasteiger partial charge in [-0.25, -0.2) is 0 Å². The van der Waals surface area contributed by atoms with Crippen molar-refractivity contribution >= 4 is 17.3 Å². The third-order valence-corrected chi connectivity index (χ3v) is 4.12. The summed E-state index contributed by atoms with van der Waals surface area (Å²) in [4.78, 5) is 23.2. The van der Waals surface area contributed by atoms with Gasteiger partial charge in [-0.3, -0.25) is 9.59 Å². The number of hydrogen-bond acceptors (Lipinski definition) is 3. The van der Waals surface area contributed by atoms with E-state index in [9.17, 15) is 9.59 Å². The number of hydrogen-bond donors (Lipinski definition) is 1. The first kappa shape index (κ1) is 17.9. The molecule has 126 valence electrons. The van der Waals surface area contributed by atoms with Crippen LogP contribution in [-0.2, 0) is 0 Å². The number of rotatable bonds is 2. The fraction of sp³-hybridized carbons (Fsp3) is 0.333. The average molecular weight is 323 g/mol. The first-order valence-electron chi connectivity index (χ1n) is 8.26. The number of anilines is 1. The zero-order chi connectivity index (χ0) is 17.9. The molecule has 2 aromatic rings. The van der Waals surface area contributed by atoms with E-state index in [1.54, 1.807) is 0 Å². The minimum atomic E-state index is -0.427. The zero-order valence-corrected chi connectivity index (χ0v) is 15.0. The monoisotopic (exact) mass is 323 g/mol. The van der Waals surface area contributed by atoms with E-state index in [0.717, 1.165) is 22.4 Å². The van der Waals surface area contributed by atoms with Crippen LogP contribution in [0, 0.1) is 12.8 Å². The van der Waals surface area contributed by atoms with Gasteiger partial charge < -0.3 is 5.32 Å². The van der Waals surface area contributed by atoms with Gasteiger partial charge in [0.2, 0.25) is 0 Å². The highest BCUT2D eigenvalue weighted by molar-refractivity contribution is 6.12. The van der Waals surface area contributed by atoms with Crippen molar-refractivity contribution in [1.82, 2.24) is 0 Å². The number of nitrogens with one attached hydrogen (secondary N) is 1. The summed E-state index contributed by atoms with van der Waals surface area (Å²) >= 11 is 0. The molecule has 0 saturated carbocycles. The number of Topliss-reactive ketones (excluding diaryl/α,β-unsaturated/α-hetero) is 2. The van der Waals surface area contributed by atoms with Crippen LogP contribution < -0.4 is 5.32 Å². The Morgan fingerprint density at radius 2 is 1.58 bits per heavy atom. The highest BCUT2D eigenvalue weighted by Crippen LogP contribution is 2.31. The van der Waals surface area contributed by atoms with E-state index in [1.165, 1.54) is 0 Å². The van der Waals surface area contributed by atoms with E-state index in [-0.39, 0.29) is 17.5 Å². The second kappa shape index (κ2) is 7.00. The van der Waals surface area contributed by atoms with Crippen LogP contribution in [0.15, 0.2) is 48.5 Å². The van der Waals surface area contributed by atoms with Crippen LogP contribution >= 0.6 is 0 Å². The van der Waals surface area contributed by atoms with Crippen molar-refractivity contribution in [3.8, 4) is 0 Å². The average Bonchev–Trinajstić information content (AvgIpc) is 2.77. The molecule has 1 aliphatic heterocycles. The molecule has 2 aromatic carbocycles. The van der Waals surface area contributed by atoms with Crippen molar-refractivity contribution in [2.45, 2.75) is 40.2 Å². The molecule has 0 spiro atoms. The Kier molecular flexibility index (Phi) is 5.23. The summed E-state index contributed by atoms with van der Waals surface area (Å²) in [5.74, 6) is 0.498. The summed E-state index contributed by atoms with van der Waals surface area (Å²) in [6, 6.07) is 15.3. The maximum Gasteiger partial charge on any atom is 0.189 e. The van der Waals surface area contributed by atoms with Crippen molar-refractivity contribution in [1.29, 1.82) is 0 Å². The second-order valence-corrected chi connectivity index (χ2v) is 6.96. The molecule has 1 N–H and O–H groups in total. The van der Waals surface area contributed by atoms with Crippen molar-refractivity contribution < 1.29 is 9.59 Å². The van der Waals surface area contributed by atoms with Crippen molar-refractivity contribution in [2.24, 2.45) is 5.92 Å². The fourth-order valence-electron chi connectivity index (χ4n) is 2.68. The molecule has 3 nitrogen and oxygen atoms in total. The summed E-state index contributed by atoms with van der Waals surface area (Å²) in [5, 5.41) is 3.17. The lowest BCUT2D eigenvalue weighted by Crippen LogP contribution is -2.33. The zero-order valence-electron chi connectivity index (χ0n) is 15.0. The van der Waals surface area contributed by atoms with Gasteiger partial charge in [0.25, 0.3) is 0 Å². The molecule has 0 saturated heterocycles. The topological polar surface area (TPSA) is 46.2 Å². The van der Waals surface area contributed by atoms with Crippen molar-refractivity contribution in [3.63, 3.8) is 0 Å². The molecule has 0 atom stereocenters. The first-order valence-corrected chi connectivity index (χ1v) is 8.26. The predicted octanol–water partition coefficient (Wildman–Crippen LogP) is 4.91. The van der Waals surface area contributed by atoms with Crippen LogP contribution in [0.2, 0.25) is 0 Å². The van der Waals surface area contributed by atoms with E-state index in [1.807, 2.05) is 83.1 Å². The maximum absolute atomic E-state index is 11.7. The molecule has 0 amide bonds. The SMILES string of the molecule is CC1(C)Nc2ccccc2C1=O.Cc1ccccc1C(=O)C(C)C. The van der Waals surface area contributed by atoms with Crippen LogP contribution in [0.3, 0.4) is 0 Å². The normalized spacial score (nSPS) is 14.5. The Labute approximate surface area is 144 Å². The van der Waals surface area contributed by atoms with Crippen molar-refractivity contribution in [3.05, 3.63) is 65.2 Å². The van der Waals surface area contributed by atoms with Crippen LogP contribution in [0.4, 0.5) is 5.69 Å². The lowest BCUT2D eigenvalue weighted by Gasteiger charge is -2.15. The van der Waals surface area contributed by atoms with Gasteiger partial charge in [-0.15, -0.1) is 0 Å². The van der Waals surface area contributed by atoms with Gasteiger partial charge in [0.15, 0.2) is 11.6 Å². The second-order valence-electron chi connectivity index (χ2n) is 6.96. The van der Waals surface area contributed by atoms with E-state index in [2.05, 4.69) is 5.32 Å². The van der Waals surface area contributed by atoms with E-state index < -0.39 is 5.54 Å². The van der Waals surface area contributed by atoms with Gasteiger partial charge in [0.1, 0.15) is 0 Å². The van der Waals surface area contributed by atoms with E-state index in [4.69, 9.17) is 0 Å². The van der Waals surface area contributed by atoms with Crippen LogP contribution in [0.5, 0.6) is 0 Å². The number of para-hydroxylation sites is 1. The highest BCUT2D eigenvalue weighted by Gasteiger charge is 2.36. The molecule has 3 heteroatoms. The number of aryl methyl sites for hydroxylation is 1. The number of carbonyl (C=O) groups excluding carboxylic acids is 2. The van der Waals surface area contributed by atoms with E-state index in [0.29, 0.717) is 0 Å². The highest BCUT2D eigenvalue weighted by atomic mass is 16.1. The molecule has 0 bridgehead atoms. The molecular formula is C21H25NO2. The molecular weight excluding hydrogens is 298 g/mol. The minimum absolute atomic E-state index is 0.0890. The number of ketones is 2. The molecule has 0 aromatic heterocycles. The fourth-order valence-corrected chi connectivity index (χ4v) is 2.68. The van der Waals surface area contributed by atoms with Crippen LogP contribution in [0.25, 0.3) is 0 Å². The largest absolute Gasteiger partial charge is 0.372 e. The Balaban J connectivity index is 0.000000174. The lowest BCUT2D eigenvalue weighted by molar-refractivity contribution is 0.0932. The Morgan fingerprint density at radius 3 is 2.17 bits per heavy atom. The quantitative estimate of drug-likeness (QED) is 0.799. The van der Waals surface area contributed by atoms with Gasteiger partial charge in [0.05, 0.1) is 5.54 Å². The smallest absolute Gasteiger partial charge is 0.189 e. The van der Waals surface area contributed by atoms with Gasteiger partial charge in [-0.1, -0.05) is 50.2 Å². The number of fused-ring (bicyclic) bond motifs is 1. The third-order valence-electron chi connectivity index (χ3n) is 4.12. The van der Waals surface area contributed by atoms with E-state index >= 15 is 0 Å². The summed E-state index contributed by atoms with van der Waals surface area (Å²) in [7, 11) is 0. The summed E-state index contributed by atoms with van der Waals surface area (Å²) < 4.78 is 0. The maximum atomic E-state index is 11.7. The molecule has 1 heterocycles. The minimum Gasteiger partial charge on any atom is -0.372 e. The van der Waals surface area contributed by atoms with Crippen LogP contribution in [-0.4, -0.2) is 17.1 Å². The predicted molar refractivity (Wildman–Crippen MR) is 98.8 cm³/mol. The molecule has 0 radical (unpaired) electrons. The van der Waals surface area contributed by atoms with Crippen LogP contribution in [0.1, 0.15) is 54.0 Å². The molecule has 3 rings (SSSR count). The van der Waals surface area contributed by atoms with Crippen molar-refractivity contribution in [2.75, 3.05) is 5.32 Å². The summed E-state index contributed by atoms with van der Waals surface area (Å²) in [6.07, 6.45) is 0. The number of benzene rings is 2. The Morgan fingerprint density at radius 1 is 1.00 bits per heavy atom. The van der Waals surface area contributed by atoms with Gasteiger partial charge in [0, 0.05) is 22.7 Å². The number of carbonyl (C=O) groups is 2. The molecule has 0 fully saturated rings. The third kappa shape index (κ3) is 3.73. The summed E-state index contributed by atoms with van der Waals surface area (Å²) in [5.41, 5.74) is 3.25. The molecule has 24 heavy (non-hydrogen) atoms. The lowest BCUT2D eigenvalue weighted by atomic mass is 9.97. The molecule has 0 unspecified atom stereocenters.